The van der Waals surface area contributed by atoms with Crippen LogP contribution in [0.15, 0.2) is 28.5 Å². The first-order valence-corrected chi connectivity index (χ1v) is 11.9. The van der Waals surface area contributed by atoms with Crippen molar-refractivity contribution in [3.63, 3.8) is 0 Å². The summed E-state index contributed by atoms with van der Waals surface area (Å²) in [6.45, 7) is 2.69. The minimum absolute atomic E-state index is 0.429. The van der Waals surface area contributed by atoms with Gasteiger partial charge in [0.2, 0.25) is 0 Å². The monoisotopic (exact) mass is 522 g/mol. The number of nitrogens with two attached hydrogens (primary N) is 1. The Balaban J connectivity index is 1.40. The van der Waals surface area contributed by atoms with Gasteiger partial charge in [0.05, 0.1) is 6.61 Å². The van der Waals surface area contributed by atoms with E-state index in [9.17, 15) is 0 Å². The molecule has 1 aliphatic carbocycles. The zero-order valence-corrected chi connectivity index (χ0v) is 19.0. The molecule has 0 amide bonds. The van der Waals surface area contributed by atoms with Gasteiger partial charge in [0.1, 0.15) is 12.1 Å². The summed E-state index contributed by atoms with van der Waals surface area (Å²) in [7, 11) is 0. The van der Waals surface area contributed by atoms with Crippen LogP contribution in [0.3, 0.4) is 0 Å². The van der Waals surface area contributed by atoms with Gasteiger partial charge in [-0.15, -0.1) is 0 Å². The predicted molar refractivity (Wildman–Crippen MR) is 122 cm³/mol. The smallest absolute Gasteiger partial charge is 0.175 e. The Morgan fingerprint density at radius 2 is 2.17 bits per heavy atom. The summed E-state index contributed by atoms with van der Waals surface area (Å²) in [5, 5.41) is 4.48. The van der Waals surface area contributed by atoms with Crippen molar-refractivity contribution in [2.75, 3.05) is 18.9 Å². The summed E-state index contributed by atoms with van der Waals surface area (Å²) in [4.78, 5) is 14.5. The van der Waals surface area contributed by atoms with E-state index in [1.165, 1.54) is 28.3 Å². The number of hydrogen-bond acceptors (Lipinski definition) is 7. The van der Waals surface area contributed by atoms with Crippen molar-refractivity contribution in [2.45, 2.75) is 54.7 Å². The maximum Gasteiger partial charge on any atom is 0.175 e. The summed E-state index contributed by atoms with van der Waals surface area (Å²) in [6.07, 6.45) is 7.35. The lowest BCUT2D eigenvalue weighted by atomic mass is 10.2. The number of anilines is 1. The van der Waals surface area contributed by atoms with Gasteiger partial charge in [0, 0.05) is 27.5 Å². The number of aromatic nitrogens is 4. The molecule has 1 saturated carbocycles. The molecule has 3 heterocycles. The highest BCUT2D eigenvalue weighted by molar-refractivity contribution is 14.1. The molecule has 152 valence electrons. The van der Waals surface area contributed by atoms with E-state index in [-0.39, 0.29) is 0 Å². The van der Waals surface area contributed by atoms with Crippen LogP contribution in [0.1, 0.15) is 31.2 Å². The second-order valence-electron chi connectivity index (χ2n) is 7.50. The fraction of sp³-hybridized carbons (Fsp3) is 0.450. The van der Waals surface area contributed by atoms with Crippen molar-refractivity contribution in [3.8, 4) is 5.75 Å². The molecule has 3 aromatic rings. The van der Waals surface area contributed by atoms with E-state index < -0.39 is 0 Å². The average Bonchev–Trinajstić information content (AvgIpc) is 3.31. The number of benzene rings is 1. The molecule has 2 aromatic heterocycles. The maximum absolute atomic E-state index is 6.08. The van der Waals surface area contributed by atoms with E-state index in [0.717, 1.165) is 66.4 Å². The van der Waals surface area contributed by atoms with E-state index >= 15 is 0 Å². The first-order valence-electron chi connectivity index (χ1n) is 10.0. The van der Waals surface area contributed by atoms with Crippen LogP contribution in [-0.2, 0) is 13.0 Å². The maximum atomic E-state index is 6.08. The minimum Gasteiger partial charge on any atom is -0.493 e. The van der Waals surface area contributed by atoms with E-state index in [4.69, 9.17) is 15.5 Å². The quantitative estimate of drug-likeness (QED) is 0.345. The Labute approximate surface area is 187 Å². The highest BCUT2D eigenvalue weighted by atomic mass is 127. The second-order valence-corrected chi connectivity index (χ2v) is 9.67. The first-order chi connectivity index (χ1) is 14.2. The number of halogens is 1. The Bertz CT molecular complexity index is 1050. The number of nitrogens with one attached hydrogen (secondary N) is 1. The number of nitrogens with zero attached hydrogens (tertiary/aromatic N) is 4. The summed E-state index contributed by atoms with van der Waals surface area (Å²) < 4.78 is 9.15. The van der Waals surface area contributed by atoms with Crippen molar-refractivity contribution in [1.82, 2.24) is 24.8 Å². The molecule has 9 heteroatoms. The second kappa shape index (κ2) is 8.27. The lowest BCUT2D eigenvalue weighted by Gasteiger charge is -2.10. The molecule has 5 rings (SSSR count). The molecule has 0 spiro atoms. The summed E-state index contributed by atoms with van der Waals surface area (Å²) in [5.74, 6) is 1.42. The molecular formula is C20H23IN6OS. The van der Waals surface area contributed by atoms with Crippen molar-refractivity contribution in [3.05, 3.63) is 27.6 Å². The van der Waals surface area contributed by atoms with Crippen molar-refractivity contribution < 1.29 is 4.74 Å². The van der Waals surface area contributed by atoms with Crippen LogP contribution in [0.5, 0.6) is 5.75 Å². The molecule has 29 heavy (non-hydrogen) atoms. The van der Waals surface area contributed by atoms with Gasteiger partial charge in [-0.05, 0) is 72.5 Å². The Kier molecular flexibility index (Phi) is 5.53. The number of nitrogen functional groups attached to an aromatic ring is 1. The Morgan fingerprint density at radius 1 is 1.28 bits per heavy atom. The SMILES string of the molecule is Nc1ncnc2c1nc(Sc1cc3c(cc1I)CCO3)n2CCCCNC1CC1. The molecule has 2 aliphatic rings. The topological polar surface area (TPSA) is 90.9 Å². The van der Waals surface area contributed by atoms with Crippen LogP contribution in [0, 0.1) is 3.57 Å². The third-order valence-corrected chi connectivity index (χ3v) is 7.60. The molecule has 0 unspecified atom stereocenters. The fourth-order valence-corrected chi connectivity index (χ4v) is 5.36. The zero-order valence-electron chi connectivity index (χ0n) is 16.0. The van der Waals surface area contributed by atoms with Gasteiger partial charge in [-0.3, -0.25) is 0 Å². The van der Waals surface area contributed by atoms with Crippen LogP contribution in [0.4, 0.5) is 5.82 Å². The van der Waals surface area contributed by atoms with E-state index in [0.29, 0.717) is 11.3 Å². The molecular weight excluding hydrogens is 499 g/mol. The van der Waals surface area contributed by atoms with Gasteiger partial charge in [0.15, 0.2) is 22.1 Å². The van der Waals surface area contributed by atoms with E-state index in [2.05, 4.69) is 54.6 Å². The van der Waals surface area contributed by atoms with Gasteiger partial charge < -0.3 is 20.4 Å². The molecule has 0 bridgehead atoms. The van der Waals surface area contributed by atoms with Crippen LogP contribution in [-0.4, -0.2) is 38.7 Å². The molecule has 7 nitrogen and oxygen atoms in total. The predicted octanol–water partition coefficient (Wildman–Crippen LogP) is 3.63. The zero-order chi connectivity index (χ0) is 19.8. The number of ether oxygens (including phenoxy) is 1. The normalized spacial score (nSPS) is 15.6. The fourth-order valence-electron chi connectivity index (χ4n) is 3.56. The minimum atomic E-state index is 0.429. The lowest BCUT2D eigenvalue weighted by molar-refractivity contribution is 0.356. The number of fused-ring (bicyclic) bond motifs is 2. The third kappa shape index (κ3) is 4.17. The molecule has 0 radical (unpaired) electrons. The molecule has 0 saturated heterocycles. The summed E-state index contributed by atoms with van der Waals surface area (Å²) in [6, 6.07) is 5.11. The van der Waals surface area contributed by atoms with Gasteiger partial charge >= 0.3 is 0 Å². The molecule has 1 aliphatic heterocycles. The highest BCUT2D eigenvalue weighted by Crippen LogP contribution is 2.38. The van der Waals surface area contributed by atoms with Gasteiger partial charge in [-0.25, -0.2) is 15.0 Å². The molecule has 0 atom stereocenters. The van der Waals surface area contributed by atoms with Gasteiger partial charge in [-0.2, -0.15) is 0 Å². The highest BCUT2D eigenvalue weighted by Gasteiger charge is 2.21. The average molecular weight is 522 g/mol. The van der Waals surface area contributed by atoms with Crippen LogP contribution < -0.4 is 15.8 Å². The van der Waals surface area contributed by atoms with Crippen LogP contribution in [0.25, 0.3) is 11.2 Å². The van der Waals surface area contributed by atoms with Gasteiger partial charge in [0.25, 0.3) is 0 Å². The largest absolute Gasteiger partial charge is 0.493 e. The summed E-state index contributed by atoms with van der Waals surface area (Å²) in [5.41, 5.74) is 8.85. The third-order valence-electron chi connectivity index (χ3n) is 5.29. The summed E-state index contributed by atoms with van der Waals surface area (Å²) >= 11 is 4.04. The Hall–Kier alpha value is -1.59. The number of hydrogen-bond donors (Lipinski definition) is 2. The van der Waals surface area contributed by atoms with E-state index in [1.54, 1.807) is 11.8 Å². The van der Waals surface area contributed by atoms with Gasteiger partial charge in [-0.1, -0.05) is 11.8 Å². The first kappa shape index (κ1) is 19.4. The number of aryl methyl sites for hydroxylation is 1. The molecule has 1 aromatic carbocycles. The molecule has 3 N–H and O–H groups in total. The Morgan fingerprint density at radius 3 is 3.03 bits per heavy atom. The van der Waals surface area contributed by atoms with Crippen molar-refractivity contribution >= 4 is 51.3 Å². The van der Waals surface area contributed by atoms with Crippen molar-refractivity contribution in [2.24, 2.45) is 0 Å². The van der Waals surface area contributed by atoms with Crippen molar-refractivity contribution in [1.29, 1.82) is 0 Å². The lowest BCUT2D eigenvalue weighted by Crippen LogP contribution is -2.17. The number of rotatable bonds is 8. The van der Waals surface area contributed by atoms with Crippen LogP contribution in [0.2, 0.25) is 0 Å². The molecule has 1 fully saturated rings. The number of unbranched alkanes of at least 4 members (excludes halogenated alkanes) is 1. The standard InChI is InChI=1S/C20H23IN6OS/c21-14-9-12-5-8-28-15(12)10-16(14)29-20-26-17-18(22)24-11-25-19(17)27(20)7-2-1-6-23-13-3-4-13/h9-11,13,23H,1-8H2,(H2,22,24,25). The number of imidazole rings is 1. The van der Waals surface area contributed by atoms with Crippen LogP contribution >= 0.6 is 34.4 Å². The van der Waals surface area contributed by atoms with E-state index in [1.807, 2.05) is 0 Å².